The number of anilines is 1. The molecule has 4 rings (SSSR count). The summed E-state index contributed by atoms with van der Waals surface area (Å²) in [7, 11) is 0. The Hall–Kier alpha value is -3.14. The predicted octanol–water partition coefficient (Wildman–Crippen LogP) is 4.64. The van der Waals surface area contributed by atoms with Crippen molar-refractivity contribution >= 4 is 27.5 Å². The summed E-state index contributed by atoms with van der Waals surface area (Å²) in [5.41, 5.74) is 4.78. The monoisotopic (exact) mass is 343 g/mol. The Morgan fingerprint density at radius 1 is 1.08 bits per heavy atom. The lowest BCUT2D eigenvalue weighted by Crippen LogP contribution is -2.15. The molecule has 2 heterocycles. The number of fused-ring (bicyclic) bond motifs is 2. The molecule has 0 amide bonds. The molecule has 0 radical (unpaired) electrons. The van der Waals surface area contributed by atoms with Gasteiger partial charge >= 0.3 is 0 Å². The maximum atomic E-state index is 12.4. The molecule has 2 N–H and O–H groups in total. The minimum atomic E-state index is -0.0494. The number of aryl methyl sites for hydroxylation is 1. The molecule has 0 aliphatic rings. The molecule has 0 aliphatic carbocycles. The second kappa shape index (κ2) is 7.00. The molecular formula is C22H21N3O. The van der Waals surface area contributed by atoms with E-state index in [1.165, 1.54) is 5.56 Å². The molecule has 0 fully saturated rings. The second-order valence-corrected chi connectivity index (χ2v) is 6.52. The van der Waals surface area contributed by atoms with Crippen LogP contribution >= 0.6 is 0 Å². The number of pyridine rings is 2. The average Bonchev–Trinajstić information content (AvgIpc) is 2.67. The molecule has 130 valence electrons. The third-order valence-electron chi connectivity index (χ3n) is 4.64. The van der Waals surface area contributed by atoms with E-state index in [0.717, 1.165) is 45.9 Å². The van der Waals surface area contributed by atoms with Crippen molar-refractivity contribution in [3.8, 4) is 0 Å². The van der Waals surface area contributed by atoms with Crippen LogP contribution in [-0.4, -0.2) is 9.97 Å². The lowest BCUT2D eigenvalue weighted by atomic mass is 10.1. The minimum absolute atomic E-state index is 0.0494. The van der Waals surface area contributed by atoms with Gasteiger partial charge in [0.25, 0.3) is 5.56 Å². The van der Waals surface area contributed by atoms with E-state index in [4.69, 9.17) is 0 Å². The number of nitrogens with zero attached hydrogens (tertiary/aromatic N) is 1. The molecule has 26 heavy (non-hydrogen) atoms. The Morgan fingerprint density at radius 2 is 2.00 bits per heavy atom. The summed E-state index contributed by atoms with van der Waals surface area (Å²) >= 11 is 0. The van der Waals surface area contributed by atoms with Crippen LogP contribution in [0.25, 0.3) is 21.8 Å². The lowest BCUT2D eigenvalue weighted by Gasteiger charge is -2.10. The van der Waals surface area contributed by atoms with Gasteiger partial charge in [-0.1, -0.05) is 25.5 Å². The largest absolute Gasteiger partial charge is 0.380 e. The molecule has 0 aliphatic heterocycles. The van der Waals surface area contributed by atoms with Crippen LogP contribution in [0.1, 0.15) is 24.5 Å². The van der Waals surface area contributed by atoms with Gasteiger partial charge in [-0.05, 0) is 59.8 Å². The Balaban J connectivity index is 1.65. The van der Waals surface area contributed by atoms with E-state index < -0.39 is 0 Å². The highest BCUT2D eigenvalue weighted by Crippen LogP contribution is 2.22. The van der Waals surface area contributed by atoms with Crippen LogP contribution in [-0.2, 0) is 13.0 Å². The molecule has 0 spiro atoms. The van der Waals surface area contributed by atoms with Crippen molar-refractivity contribution in [2.75, 3.05) is 5.32 Å². The number of hydrogen-bond donors (Lipinski definition) is 2. The minimum Gasteiger partial charge on any atom is -0.380 e. The summed E-state index contributed by atoms with van der Waals surface area (Å²) in [5.74, 6) is 0. The van der Waals surface area contributed by atoms with E-state index >= 15 is 0 Å². The summed E-state index contributed by atoms with van der Waals surface area (Å²) in [6.45, 7) is 2.64. The molecule has 0 bridgehead atoms. The lowest BCUT2D eigenvalue weighted by molar-refractivity contribution is 0.923. The fourth-order valence-corrected chi connectivity index (χ4v) is 3.32. The molecule has 4 aromatic rings. The van der Waals surface area contributed by atoms with E-state index in [1.807, 2.05) is 42.5 Å². The fourth-order valence-electron chi connectivity index (χ4n) is 3.32. The van der Waals surface area contributed by atoms with E-state index in [1.54, 1.807) is 6.20 Å². The number of nitrogens with one attached hydrogen (secondary N) is 2. The highest BCUT2D eigenvalue weighted by molar-refractivity contribution is 5.91. The molecule has 0 saturated heterocycles. The van der Waals surface area contributed by atoms with Crippen LogP contribution in [0, 0.1) is 0 Å². The molecule has 4 nitrogen and oxygen atoms in total. The summed E-state index contributed by atoms with van der Waals surface area (Å²) in [6.07, 6.45) is 3.94. The zero-order valence-corrected chi connectivity index (χ0v) is 14.8. The van der Waals surface area contributed by atoms with Gasteiger partial charge in [-0.2, -0.15) is 0 Å². The van der Waals surface area contributed by atoms with Crippen LogP contribution in [0.3, 0.4) is 0 Å². The molecule has 4 heteroatoms. The third-order valence-corrected chi connectivity index (χ3v) is 4.64. The number of aromatic nitrogens is 2. The highest BCUT2D eigenvalue weighted by Gasteiger charge is 2.06. The smallest absolute Gasteiger partial charge is 0.253 e. The molecular weight excluding hydrogens is 322 g/mol. The zero-order valence-electron chi connectivity index (χ0n) is 14.8. The summed E-state index contributed by atoms with van der Waals surface area (Å²) in [6, 6.07) is 18.2. The maximum Gasteiger partial charge on any atom is 0.253 e. The Kier molecular flexibility index (Phi) is 4.40. The molecule has 2 aromatic heterocycles. The zero-order chi connectivity index (χ0) is 17.9. The fraction of sp³-hybridized carbons (Fsp3) is 0.182. The number of benzene rings is 2. The quantitative estimate of drug-likeness (QED) is 0.555. The van der Waals surface area contributed by atoms with Crippen LogP contribution in [0.15, 0.2) is 65.6 Å². The van der Waals surface area contributed by atoms with Gasteiger partial charge in [0.15, 0.2) is 0 Å². The van der Waals surface area contributed by atoms with Gasteiger partial charge in [0.2, 0.25) is 0 Å². The predicted molar refractivity (Wildman–Crippen MR) is 108 cm³/mol. The number of H-pyrrole nitrogens is 1. The van der Waals surface area contributed by atoms with Crippen molar-refractivity contribution in [3.63, 3.8) is 0 Å². The van der Waals surface area contributed by atoms with Gasteiger partial charge < -0.3 is 10.3 Å². The van der Waals surface area contributed by atoms with Gasteiger partial charge in [0.05, 0.1) is 5.52 Å². The Bertz CT molecular complexity index is 1130. The van der Waals surface area contributed by atoms with E-state index in [2.05, 4.69) is 34.3 Å². The first-order chi connectivity index (χ1) is 12.7. The number of rotatable bonds is 5. The first-order valence-corrected chi connectivity index (χ1v) is 8.97. The van der Waals surface area contributed by atoms with Crippen molar-refractivity contribution in [2.45, 2.75) is 26.3 Å². The highest BCUT2D eigenvalue weighted by atomic mass is 16.1. The maximum absolute atomic E-state index is 12.4. The first kappa shape index (κ1) is 16.3. The van der Waals surface area contributed by atoms with Crippen molar-refractivity contribution in [1.82, 2.24) is 9.97 Å². The summed E-state index contributed by atoms with van der Waals surface area (Å²) in [4.78, 5) is 19.8. The van der Waals surface area contributed by atoms with Crippen LogP contribution in [0.2, 0.25) is 0 Å². The SMILES string of the molecule is CCCc1ccc2[nH]c(=O)c(CNc3cccc4ncccc34)cc2c1. The van der Waals surface area contributed by atoms with Crippen molar-refractivity contribution in [3.05, 3.63) is 82.3 Å². The summed E-state index contributed by atoms with van der Waals surface area (Å²) in [5, 5.41) is 5.52. The first-order valence-electron chi connectivity index (χ1n) is 8.97. The average molecular weight is 343 g/mol. The Labute approximate surface area is 151 Å². The third kappa shape index (κ3) is 3.18. The molecule has 0 atom stereocenters. The Morgan fingerprint density at radius 3 is 2.88 bits per heavy atom. The van der Waals surface area contributed by atoms with Gasteiger partial charge in [0, 0.05) is 34.9 Å². The van der Waals surface area contributed by atoms with Crippen LogP contribution in [0.4, 0.5) is 5.69 Å². The molecule has 0 saturated carbocycles. The normalized spacial score (nSPS) is 11.1. The van der Waals surface area contributed by atoms with Gasteiger partial charge in [-0.3, -0.25) is 9.78 Å². The van der Waals surface area contributed by atoms with Gasteiger partial charge in [0.1, 0.15) is 0 Å². The van der Waals surface area contributed by atoms with Crippen molar-refractivity contribution in [1.29, 1.82) is 0 Å². The van der Waals surface area contributed by atoms with E-state index in [9.17, 15) is 4.79 Å². The van der Waals surface area contributed by atoms with Gasteiger partial charge in [-0.15, -0.1) is 0 Å². The molecule has 2 aromatic carbocycles. The van der Waals surface area contributed by atoms with Crippen LogP contribution in [0.5, 0.6) is 0 Å². The summed E-state index contributed by atoms with van der Waals surface area (Å²) < 4.78 is 0. The van der Waals surface area contributed by atoms with E-state index in [0.29, 0.717) is 6.54 Å². The standard InChI is InChI=1S/C22H21N3O/c1-2-5-15-9-10-19-16(12-15)13-17(22(26)25-19)14-24-21-8-3-7-20-18(21)6-4-11-23-20/h3-4,6-13,24H,2,5,14H2,1H3,(H,25,26). The molecule has 0 unspecified atom stereocenters. The second-order valence-electron chi connectivity index (χ2n) is 6.52. The van der Waals surface area contributed by atoms with Crippen molar-refractivity contribution in [2.24, 2.45) is 0 Å². The number of hydrogen-bond acceptors (Lipinski definition) is 3. The van der Waals surface area contributed by atoms with Crippen LogP contribution < -0.4 is 10.9 Å². The van der Waals surface area contributed by atoms with E-state index in [-0.39, 0.29) is 5.56 Å². The van der Waals surface area contributed by atoms with Gasteiger partial charge in [-0.25, -0.2) is 0 Å². The van der Waals surface area contributed by atoms with Crippen molar-refractivity contribution < 1.29 is 0 Å². The number of aromatic amines is 1. The topological polar surface area (TPSA) is 57.8 Å².